The first-order chi connectivity index (χ1) is 8.30. The van der Waals surface area contributed by atoms with Crippen molar-refractivity contribution in [1.29, 1.82) is 0 Å². The van der Waals surface area contributed by atoms with Crippen LogP contribution in [0, 0.1) is 5.41 Å². The maximum atomic E-state index is 11.6. The van der Waals surface area contributed by atoms with E-state index in [1.54, 1.807) is 6.07 Å². The second-order valence-electron chi connectivity index (χ2n) is 4.58. The highest BCUT2D eigenvalue weighted by Gasteiger charge is 2.47. The van der Waals surface area contributed by atoms with Crippen molar-refractivity contribution in [3.8, 4) is 0 Å². The van der Waals surface area contributed by atoms with Crippen molar-refractivity contribution in [2.24, 2.45) is 11.1 Å². The van der Waals surface area contributed by atoms with Gasteiger partial charge in [-0.3, -0.25) is 0 Å². The van der Waals surface area contributed by atoms with Crippen molar-refractivity contribution in [2.75, 3.05) is 18.1 Å². The molecule has 2 unspecified atom stereocenters. The summed E-state index contributed by atoms with van der Waals surface area (Å²) in [6, 6.07) is 1.72. The predicted octanol–water partition coefficient (Wildman–Crippen LogP) is 1.96. The fourth-order valence-electron chi connectivity index (χ4n) is 2.23. The molecule has 1 aliphatic rings. The van der Waals surface area contributed by atoms with Crippen molar-refractivity contribution in [2.45, 2.75) is 12.5 Å². The van der Waals surface area contributed by atoms with E-state index in [2.05, 4.69) is 15.9 Å². The lowest BCUT2D eigenvalue weighted by Gasteiger charge is -2.30. The van der Waals surface area contributed by atoms with Crippen LogP contribution in [0.25, 0.3) is 0 Å². The molecule has 0 aromatic carbocycles. The fraction of sp³-hybridized carbons (Fsp3) is 0.600. The molecule has 3 N–H and O–H groups in total. The topological polar surface area (TPSA) is 80.4 Å². The number of aliphatic hydroxyl groups excluding tert-OH is 1. The van der Waals surface area contributed by atoms with E-state index in [1.165, 1.54) is 11.3 Å². The number of aliphatic hydroxyl groups is 1. The summed E-state index contributed by atoms with van der Waals surface area (Å²) in [5.74, 6) is 0.0202. The van der Waals surface area contributed by atoms with E-state index in [9.17, 15) is 13.5 Å². The summed E-state index contributed by atoms with van der Waals surface area (Å²) in [6.45, 7) is 0.139. The van der Waals surface area contributed by atoms with Crippen LogP contribution in [0.3, 0.4) is 0 Å². The Balaban J connectivity index is 2.34. The molecule has 18 heavy (non-hydrogen) atoms. The molecule has 2 rings (SSSR count). The summed E-state index contributed by atoms with van der Waals surface area (Å²) < 4.78 is 24.5. The number of nitrogens with two attached hydrogens (primary N) is 1. The fourth-order valence-corrected chi connectivity index (χ4v) is 6.25. The molecule has 0 aliphatic carbocycles. The lowest BCUT2D eigenvalue weighted by molar-refractivity contribution is 0.0501. The molecule has 0 saturated carbocycles. The molecule has 0 amide bonds. The Hall–Kier alpha value is 0.340. The van der Waals surface area contributed by atoms with Gasteiger partial charge in [0.1, 0.15) is 4.34 Å². The Morgan fingerprint density at radius 2 is 2.33 bits per heavy atom. The van der Waals surface area contributed by atoms with Crippen LogP contribution in [0.15, 0.2) is 10.5 Å². The predicted molar refractivity (Wildman–Crippen MR) is 76.7 cm³/mol. The molecular formula is C10H13BrClNO3S2. The SMILES string of the molecule is NCC1(C(O)c2cc(Br)c(Cl)s2)CCS(=O)(=O)C1. The molecule has 1 aromatic rings. The van der Waals surface area contributed by atoms with Crippen LogP contribution < -0.4 is 5.73 Å². The van der Waals surface area contributed by atoms with E-state index < -0.39 is 21.4 Å². The normalized spacial score (nSPS) is 28.4. The molecule has 0 bridgehead atoms. The summed E-state index contributed by atoms with van der Waals surface area (Å²) in [5, 5.41) is 10.4. The van der Waals surface area contributed by atoms with E-state index in [0.717, 1.165) is 0 Å². The summed E-state index contributed by atoms with van der Waals surface area (Å²) >= 11 is 10.5. The monoisotopic (exact) mass is 373 g/mol. The number of sulfone groups is 1. The van der Waals surface area contributed by atoms with Gasteiger partial charge in [0.2, 0.25) is 0 Å². The average Bonchev–Trinajstić information content (AvgIpc) is 2.80. The van der Waals surface area contributed by atoms with Crippen molar-refractivity contribution in [3.05, 3.63) is 19.8 Å². The van der Waals surface area contributed by atoms with Crippen LogP contribution in [0.5, 0.6) is 0 Å². The van der Waals surface area contributed by atoms with Gasteiger partial charge < -0.3 is 10.8 Å². The van der Waals surface area contributed by atoms with Gasteiger partial charge in [-0.05, 0) is 28.4 Å². The number of hydrogen-bond donors (Lipinski definition) is 2. The Labute approximate surface area is 123 Å². The molecule has 1 aromatic heterocycles. The Bertz CT molecular complexity index is 540. The Morgan fingerprint density at radius 3 is 2.72 bits per heavy atom. The van der Waals surface area contributed by atoms with E-state index in [0.29, 0.717) is 20.1 Å². The van der Waals surface area contributed by atoms with Gasteiger partial charge in [-0.25, -0.2) is 8.42 Å². The summed E-state index contributed by atoms with van der Waals surface area (Å²) in [5.41, 5.74) is 4.92. The first-order valence-electron chi connectivity index (χ1n) is 5.33. The van der Waals surface area contributed by atoms with Gasteiger partial charge in [0, 0.05) is 21.3 Å². The third-order valence-electron chi connectivity index (χ3n) is 3.34. The second kappa shape index (κ2) is 5.03. The lowest BCUT2D eigenvalue weighted by Crippen LogP contribution is -2.37. The van der Waals surface area contributed by atoms with E-state index in [4.69, 9.17) is 17.3 Å². The zero-order valence-corrected chi connectivity index (χ0v) is 13.4. The minimum atomic E-state index is -3.10. The van der Waals surface area contributed by atoms with E-state index in [1.807, 2.05) is 0 Å². The van der Waals surface area contributed by atoms with Gasteiger partial charge in [0.05, 0.1) is 17.6 Å². The number of halogens is 2. The molecule has 2 heterocycles. The maximum absolute atomic E-state index is 11.6. The molecule has 102 valence electrons. The number of rotatable bonds is 3. The van der Waals surface area contributed by atoms with Gasteiger partial charge >= 0.3 is 0 Å². The van der Waals surface area contributed by atoms with Crippen LogP contribution in [-0.2, 0) is 9.84 Å². The molecule has 8 heteroatoms. The van der Waals surface area contributed by atoms with Gasteiger partial charge in [-0.2, -0.15) is 0 Å². The summed E-state index contributed by atoms with van der Waals surface area (Å²) in [4.78, 5) is 0.648. The molecule has 2 atom stereocenters. The first-order valence-corrected chi connectivity index (χ1v) is 9.14. The van der Waals surface area contributed by atoms with Crippen LogP contribution in [0.4, 0.5) is 0 Å². The molecule has 1 fully saturated rings. The van der Waals surface area contributed by atoms with Crippen molar-refractivity contribution in [3.63, 3.8) is 0 Å². The third-order valence-corrected chi connectivity index (χ3v) is 7.71. The minimum Gasteiger partial charge on any atom is -0.387 e. The van der Waals surface area contributed by atoms with Crippen LogP contribution in [0.1, 0.15) is 17.4 Å². The highest BCUT2D eigenvalue weighted by molar-refractivity contribution is 9.10. The van der Waals surface area contributed by atoms with E-state index >= 15 is 0 Å². The Morgan fingerprint density at radius 1 is 1.67 bits per heavy atom. The van der Waals surface area contributed by atoms with Crippen molar-refractivity contribution < 1.29 is 13.5 Å². The molecule has 1 saturated heterocycles. The zero-order chi connectivity index (χ0) is 13.6. The summed E-state index contributed by atoms with van der Waals surface area (Å²) in [7, 11) is -3.10. The van der Waals surface area contributed by atoms with Crippen LogP contribution >= 0.6 is 38.9 Å². The minimum absolute atomic E-state index is 0.0647. The van der Waals surface area contributed by atoms with Gasteiger partial charge in [-0.1, -0.05) is 11.6 Å². The molecule has 4 nitrogen and oxygen atoms in total. The zero-order valence-electron chi connectivity index (χ0n) is 9.40. The lowest BCUT2D eigenvalue weighted by atomic mass is 9.81. The molecular weight excluding hydrogens is 362 g/mol. The Kier molecular flexibility index (Phi) is 4.12. The molecule has 1 aliphatic heterocycles. The maximum Gasteiger partial charge on any atom is 0.151 e. The summed E-state index contributed by atoms with van der Waals surface area (Å²) in [6.07, 6.45) is -0.506. The highest BCUT2D eigenvalue weighted by atomic mass is 79.9. The second-order valence-corrected chi connectivity index (χ2v) is 9.31. The largest absolute Gasteiger partial charge is 0.387 e. The molecule has 0 radical (unpaired) electrons. The van der Waals surface area contributed by atoms with Gasteiger partial charge in [-0.15, -0.1) is 11.3 Å². The highest BCUT2D eigenvalue weighted by Crippen LogP contribution is 2.46. The van der Waals surface area contributed by atoms with Gasteiger partial charge in [0.15, 0.2) is 9.84 Å². The van der Waals surface area contributed by atoms with Crippen molar-refractivity contribution >= 4 is 48.7 Å². The standard InChI is InChI=1S/C10H13BrClNO3S2/c11-6-3-7(17-9(6)12)8(14)10(4-13)1-2-18(15,16)5-10/h3,8,14H,1-2,4-5,13H2. The van der Waals surface area contributed by atoms with Crippen LogP contribution in [0.2, 0.25) is 4.34 Å². The smallest absolute Gasteiger partial charge is 0.151 e. The molecule has 0 spiro atoms. The quantitative estimate of drug-likeness (QED) is 0.847. The number of hydrogen-bond acceptors (Lipinski definition) is 5. The third kappa shape index (κ3) is 2.62. The number of thiophene rings is 1. The van der Waals surface area contributed by atoms with Crippen molar-refractivity contribution in [1.82, 2.24) is 0 Å². The van der Waals surface area contributed by atoms with E-state index in [-0.39, 0.29) is 18.1 Å². The average molecular weight is 375 g/mol. The van der Waals surface area contributed by atoms with Crippen LogP contribution in [-0.4, -0.2) is 31.6 Å². The first kappa shape index (κ1) is 14.7. The van der Waals surface area contributed by atoms with Gasteiger partial charge in [0.25, 0.3) is 0 Å².